The van der Waals surface area contributed by atoms with Gasteiger partial charge in [-0.3, -0.25) is 19.5 Å². The van der Waals surface area contributed by atoms with Crippen molar-refractivity contribution in [3.8, 4) is 17.1 Å². The van der Waals surface area contributed by atoms with E-state index in [9.17, 15) is 14.4 Å². The number of amides is 2. The smallest absolute Gasteiger partial charge is 0.274 e. The standard InChI is InChI=1S/C23H25ClN6O4/c1-34-20-12-16(17(24)14-26-20)18-13-19(28-27-18)23(33)30-9-5-15(6-10-30)22(32)25-7-11-29-8-3-2-4-21(29)31/h2-4,8,12-15H,5-7,9-11H2,1H3,(H,25,32)(H,27,28). The van der Waals surface area contributed by atoms with Gasteiger partial charge in [-0.25, -0.2) is 4.98 Å². The van der Waals surface area contributed by atoms with Gasteiger partial charge >= 0.3 is 0 Å². The number of carbonyl (C=O) groups is 2. The number of aromatic amines is 1. The van der Waals surface area contributed by atoms with Gasteiger partial charge in [-0.15, -0.1) is 0 Å². The van der Waals surface area contributed by atoms with E-state index < -0.39 is 0 Å². The number of halogens is 1. The molecule has 10 nitrogen and oxygen atoms in total. The van der Waals surface area contributed by atoms with Gasteiger partial charge in [-0.1, -0.05) is 17.7 Å². The van der Waals surface area contributed by atoms with Crippen LogP contribution in [0.1, 0.15) is 23.3 Å². The summed E-state index contributed by atoms with van der Waals surface area (Å²) in [7, 11) is 1.51. The zero-order chi connectivity index (χ0) is 24.1. The fraction of sp³-hybridized carbons (Fsp3) is 0.348. The number of likely N-dealkylation sites (tertiary alicyclic amines) is 1. The number of methoxy groups -OCH3 is 1. The Bertz CT molecular complexity index is 1230. The Morgan fingerprint density at radius 3 is 2.79 bits per heavy atom. The molecule has 1 fully saturated rings. The third-order valence-corrected chi connectivity index (χ3v) is 6.13. The monoisotopic (exact) mass is 484 g/mol. The summed E-state index contributed by atoms with van der Waals surface area (Å²) in [5, 5.41) is 10.3. The molecule has 4 rings (SSSR count). The van der Waals surface area contributed by atoms with Crippen LogP contribution in [-0.4, -0.2) is 63.2 Å². The summed E-state index contributed by atoms with van der Waals surface area (Å²) in [6.45, 7) is 1.71. The van der Waals surface area contributed by atoms with E-state index in [1.54, 1.807) is 39.9 Å². The number of aromatic nitrogens is 4. The van der Waals surface area contributed by atoms with Crippen LogP contribution in [0.3, 0.4) is 0 Å². The Hall–Kier alpha value is -3.66. The van der Waals surface area contributed by atoms with Gasteiger partial charge in [0.2, 0.25) is 11.8 Å². The van der Waals surface area contributed by atoms with Crippen molar-refractivity contribution in [1.29, 1.82) is 0 Å². The highest BCUT2D eigenvalue weighted by Crippen LogP contribution is 2.29. The fourth-order valence-corrected chi connectivity index (χ4v) is 4.11. The molecule has 3 aromatic rings. The second kappa shape index (κ2) is 10.5. The molecule has 0 spiro atoms. The molecule has 0 atom stereocenters. The lowest BCUT2D eigenvalue weighted by Gasteiger charge is -2.30. The van der Waals surface area contributed by atoms with Crippen molar-refractivity contribution in [3.63, 3.8) is 0 Å². The summed E-state index contributed by atoms with van der Waals surface area (Å²) in [6.07, 6.45) is 4.30. The molecule has 2 amide bonds. The highest BCUT2D eigenvalue weighted by Gasteiger charge is 2.29. The average molecular weight is 485 g/mol. The van der Waals surface area contributed by atoms with Crippen LogP contribution in [0.4, 0.5) is 0 Å². The van der Waals surface area contributed by atoms with Crippen molar-refractivity contribution >= 4 is 23.4 Å². The first-order valence-corrected chi connectivity index (χ1v) is 11.3. The minimum atomic E-state index is -0.207. The van der Waals surface area contributed by atoms with Crippen LogP contribution in [0.25, 0.3) is 11.3 Å². The SMILES string of the molecule is COc1cc(-c2cc(C(=O)N3CCC(C(=O)NCCn4ccccc4=O)CC3)n[nH]2)c(Cl)cn1. The molecule has 0 radical (unpaired) electrons. The summed E-state index contributed by atoms with van der Waals surface area (Å²) in [6, 6.07) is 8.26. The van der Waals surface area contributed by atoms with Gasteiger partial charge in [-0.05, 0) is 25.0 Å². The Labute approximate surface area is 200 Å². The lowest BCUT2D eigenvalue weighted by molar-refractivity contribution is -0.126. The first-order valence-electron chi connectivity index (χ1n) is 10.9. The maximum absolute atomic E-state index is 12.9. The summed E-state index contributed by atoms with van der Waals surface area (Å²) >= 11 is 6.23. The van der Waals surface area contributed by atoms with Gasteiger partial charge in [-0.2, -0.15) is 5.10 Å². The van der Waals surface area contributed by atoms with E-state index in [0.29, 0.717) is 61.2 Å². The molecule has 1 aliphatic rings. The van der Waals surface area contributed by atoms with Crippen molar-refractivity contribution in [3.05, 3.63) is 63.8 Å². The summed E-state index contributed by atoms with van der Waals surface area (Å²) < 4.78 is 6.69. The van der Waals surface area contributed by atoms with E-state index in [1.165, 1.54) is 19.4 Å². The molecule has 34 heavy (non-hydrogen) atoms. The van der Waals surface area contributed by atoms with E-state index in [-0.39, 0.29) is 29.0 Å². The normalized spacial score (nSPS) is 14.1. The second-order valence-electron chi connectivity index (χ2n) is 7.96. The molecule has 0 saturated carbocycles. The summed E-state index contributed by atoms with van der Waals surface area (Å²) in [5.41, 5.74) is 1.39. The number of carbonyl (C=O) groups excluding carboxylic acids is 2. The van der Waals surface area contributed by atoms with Crippen molar-refractivity contribution < 1.29 is 14.3 Å². The maximum atomic E-state index is 12.9. The molecule has 4 heterocycles. The van der Waals surface area contributed by atoms with E-state index in [0.717, 1.165) is 0 Å². The second-order valence-corrected chi connectivity index (χ2v) is 8.37. The Morgan fingerprint density at radius 1 is 1.26 bits per heavy atom. The highest BCUT2D eigenvalue weighted by atomic mass is 35.5. The lowest BCUT2D eigenvalue weighted by atomic mass is 9.95. The number of ether oxygens (including phenoxy) is 1. The zero-order valence-electron chi connectivity index (χ0n) is 18.7. The number of rotatable bonds is 7. The van der Waals surface area contributed by atoms with Crippen LogP contribution in [0.15, 0.2) is 47.5 Å². The van der Waals surface area contributed by atoms with Crippen molar-refractivity contribution in [1.82, 2.24) is 30.0 Å². The topological polar surface area (TPSA) is 122 Å². The molecule has 178 valence electrons. The van der Waals surface area contributed by atoms with Gasteiger partial charge in [0.05, 0.1) is 24.0 Å². The first kappa shape index (κ1) is 23.5. The van der Waals surface area contributed by atoms with Crippen LogP contribution in [0, 0.1) is 5.92 Å². The van der Waals surface area contributed by atoms with E-state index in [4.69, 9.17) is 16.3 Å². The number of hydrogen-bond acceptors (Lipinski definition) is 6. The third-order valence-electron chi connectivity index (χ3n) is 5.83. The van der Waals surface area contributed by atoms with Crippen molar-refractivity contribution in [2.75, 3.05) is 26.7 Å². The molecular formula is C23H25ClN6O4. The van der Waals surface area contributed by atoms with Gasteiger partial charge < -0.3 is 19.5 Å². The fourth-order valence-electron chi connectivity index (χ4n) is 3.90. The minimum absolute atomic E-state index is 0.0561. The molecular weight excluding hydrogens is 460 g/mol. The minimum Gasteiger partial charge on any atom is -0.481 e. The highest BCUT2D eigenvalue weighted by molar-refractivity contribution is 6.33. The average Bonchev–Trinajstić information content (AvgIpc) is 3.35. The third kappa shape index (κ3) is 5.28. The Morgan fingerprint density at radius 2 is 2.06 bits per heavy atom. The van der Waals surface area contributed by atoms with Crippen LogP contribution in [-0.2, 0) is 11.3 Å². The van der Waals surface area contributed by atoms with Gasteiger partial charge in [0, 0.05) is 56.0 Å². The largest absolute Gasteiger partial charge is 0.481 e. The van der Waals surface area contributed by atoms with Gasteiger partial charge in [0.1, 0.15) is 0 Å². The van der Waals surface area contributed by atoms with Crippen molar-refractivity contribution in [2.45, 2.75) is 19.4 Å². The predicted molar refractivity (Wildman–Crippen MR) is 126 cm³/mol. The van der Waals surface area contributed by atoms with Crippen molar-refractivity contribution in [2.24, 2.45) is 5.92 Å². The molecule has 2 N–H and O–H groups in total. The Balaban J connectivity index is 1.30. The lowest BCUT2D eigenvalue weighted by Crippen LogP contribution is -2.43. The molecule has 0 aromatic carbocycles. The molecule has 3 aromatic heterocycles. The number of pyridine rings is 2. The summed E-state index contributed by atoms with van der Waals surface area (Å²) in [4.78, 5) is 42.9. The van der Waals surface area contributed by atoms with Crippen LogP contribution < -0.4 is 15.6 Å². The quantitative estimate of drug-likeness (QED) is 0.528. The molecule has 0 unspecified atom stereocenters. The molecule has 1 aliphatic heterocycles. The van der Waals surface area contributed by atoms with Gasteiger partial charge in [0.15, 0.2) is 5.69 Å². The summed E-state index contributed by atoms with van der Waals surface area (Å²) in [5.74, 6) is -0.0335. The molecule has 0 aliphatic carbocycles. The van der Waals surface area contributed by atoms with Crippen LogP contribution in [0.5, 0.6) is 5.88 Å². The predicted octanol–water partition coefficient (Wildman–Crippen LogP) is 1.96. The van der Waals surface area contributed by atoms with Crippen LogP contribution >= 0.6 is 11.6 Å². The van der Waals surface area contributed by atoms with Crippen LogP contribution in [0.2, 0.25) is 5.02 Å². The number of nitrogens with zero attached hydrogens (tertiary/aromatic N) is 4. The number of nitrogens with one attached hydrogen (secondary N) is 2. The van der Waals surface area contributed by atoms with E-state index in [1.807, 2.05) is 0 Å². The molecule has 11 heteroatoms. The number of hydrogen-bond donors (Lipinski definition) is 2. The van der Waals surface area contributed by atoms with E-state index >= 15 is 0 Å². The van der Waals surface area contributed by atoms with E-state index in [2.05, 4.69) is 20.5 Å². The number of H-pyrrole nitrogens is 1. The zero-order valence-corrected chi connectivity index (χ0v) is 19.4. The Kier molecular flexibility index (Phi) is 7.27. The molecule has 0 bridgehead atoms. The number of piperidine rings is 1. The maximum Gasteiger partial charge on any atom is 0.274 e. The van der Waals surface area contributed by atoms with Gasteiger partial charge in [0.25, 0.3) is 11.5 Å². The molecule has 1 saturated heterocycles. The first-order chi connectivity index (χ1) is 16.5.